The molecule has 0 saturated carbocycles. The monoisotopic (exact) mass is 570 g/mol. The summed E-state index contributed by atoms with van der Waals surface area (Å²) in [5.74, 6) is -6.40. The highest BCUT2D eigenvalue weighted by molar-refractivity contribution is 5.64. The molecule has 0 aliphatic carbocycles. The van der Waals surface area contributed by atoms with Gasteiger partial charge in [0.25, 0.3) is 0 Å². The Balaban J connectivity index is 1.44. The molecular formula is C29H25F7O4. The molecule has 0 spiro atoms. The maximum absolute atomic E-state index is 14.8. The normalized spacial score (nSPS) is 17.4. The van der Waals surface area contributed by atoms with Crippen LogP contribution in [-0.4, -0.2) is 13.2 Å². The first-order valence-corrected chi connectivity index (χ1v) is 12.4. The summed E-state index contributed by atoms with van der Waals surface area (Å²) >= 11 is 0. The Hall–Kier alpha value is -3.57. The quantitative estimate of drug-likeness (QED) is 0.180. The number of alkyl halides is 2. The summed E-state index contributed by atoms with van der Waals surface area (Å²) in [6.07, 6.45) is -4.21. The first-order chi connectivity index (χ1) is 19.1. The number of hydrogen-bond donors (Lipinski definition) is 0. The molecule has 0 radical (unpaired) electrons. The summed E-state index contributed by atoms with van der Waals surface area (Å²) in [7, 11) is 0. The summed E-state index contributed by atoms with van der Waals surface area (Å²) in [5, 5.41) is 0. The van der Waals surface area contributed by atoms with E-state index in [1.165, 1.54) is 6.07 Å². The van der Waals surface area contributed by atoms with Crippen LogP contribution in [0.25, 0.3) is 11.1 Å². The van der Waals surface area contributed by atoms with Gasteiger partial charge < -0.3 is 18.9 Å². The van der Waals surface area contributed by atoms with Gasteiger partial charge in [0.2, 0.25) is 0 Å². The van der Waals surface area contributed by atoms with Crippen molar-refractivity contribution in [3.8, 4) is 22.6 Å². The highest BCUT2D eigenvalue weighted by Crippen LogP contribution is 2.37. The Morgan fingerprint density at radius 1 is 0.900 bits per heavy atom. The van der Waals surface area contributed by atoms with E-state index in [1.54, 1.807) is 24.3 Å². The van der Waals surface area contributed by atoms with Crippen LogP contribution in [0, 0.1) is 23.4 Å². The minimum absolute atomic E-state index is 0.220. The third-order valence-corrected chi connectivity index (χ3v) is 6.22. The van der Waals surface area contributed by atoms with Gasteiger partial charge in [-0.25, -0.2) is 13.2 Å². The Bertz CT molecular complexity index is 1310. The third-order valence-electron chi connectivity index (χ3n) is 6.22. The first kappa shape index (κ1) is 29.4. The average molecular weight is 571 g/mol. The van der Waals surface area contributed by atoms with Crippen molar-refractivity contribution in [2.24, 2.45) is 5.92 Å². The van der Waals surface area contributed by atoms with Crippen molar-refractivity contribution in [2.45, 2.75) is 38.6 Å². The van der Waals surface area contributed by atoms with E-state index in [2.05, 4.69) is 16.4 Å². The summed E-state index contributed by atoms with van der Waals surface area (Å²) in [4.78, 5) is 0. The fraction of sp³-hybridized carbons (Fsp3) is 0.310. The standard InChI is InChI=1S/C29H25F7O4/c1-2-3-4-17-14-38-28(39-15-17)19-7-5-18(6-8-19)20-9-10-22(23(30)11-20)29(35,36)40-21-12-24(31)27(25(32)13-21)37-16-26(33)34/h5-13,16-17,28H,2-4,14-15H2,1H3. The molecule has 1 fully saturated rings. The van der Waals surface area contributed by atoms with Crippen LogP contribution in [0.2, 0.25) is 0 Å². The van der Waals surface area contributed by atoms with Crippen LogP contribution in [0.15, 0.2) is 66.9 Å². The Kier molecular flexibility index (Phi) is 9.36. The molecule has 214 valence electrons. The van der Waals surface area contributed by atoms with E-state index in [0.29, 0.717) is 42.4 Å². The molecule has 0 aromatic heterocycles. The molecule has 1 saturated heterocycles. The van der Waals surface area contributed by atoms with Gasteiger partial charge >= 0.3 is 12.2 Å². The molecule has 4 nitrogen and oxygen atoms in total. The largest absolute Gasteiger partial charge is 0.453 e. The molecule has 0 bridgehead atoms. The molecule has 3 aromatic rings. The van der Waals surface area contributed by atoms with Crippen LogP contribution in [0.1, 0.15) is 43.6 Å². The van der Waals surface area contributed by atoms with E-state index in [0.717, 1.165) is 37.0 Å². The number of benzene rings is 3. The van der Waals surface area contributed by atoms with E-state index in [9.17, 15) is 30.7 Å². The fourth-order valence-electron chi connectivity index (χ4n) is 4.17. The lowest BCUT2D eigenvalue weighted by atomic mass is 10.0. The Labute approximate surface area is 225 Å². The number of rotatable bonds is 10. The van der Waals surface area contributed by atoms with Crippen LogP contribution in [0.3, 0.4) is 0 Å². The van der Waals surface area contributed by atoms with E-state index in [1.807, 2.05) is 0 Å². The van der Waals surface area contributed by atoms with Gasteiger partial charge in [0.1, 0.15) is 11.6 Å². The zero-order valence-corrected chi connectivity index (χ0v) is 21.2. The van der Waals surface area contributed by atoms with Crippen LogP contribution in [0.5, 0.6) is 11.5 Å². The summed E-state index contributed by atoms with van der Waals surface area (Å²) in [5.41, 5.74) is 0.406. The minimum atomic E-state index is -4.33. The molecule has 3 aromatic carbocycles. The zero-order chi connectivity index (χ0) is 28.9. The molecule has 0 N–H and O–H groups in total. The van der Waals surface area contributed by atoms with E-state index >= 15 is 0 Å². The predicted molar refractivity (Wildman–Crippen MR) is 131 cm³/mol. The summed E-state index contributed by atoms with van der Waals surface area (Å²) < 4.78 is 117. The van der Waals surface area contributed by atoms with E-state index in [4.69, 9.17) is 9.47 Å². The molecule has 1 aliphatic heterocycles. The van der Waals surface area contributed by atoms with Gasteiger partial charge in [0, 0.05) is 23.6 Å². The molecule has 0 atom stereocenters. The van der Waals surface area contributed by atoms with E-state index in [-0.39, 0.29) is 6.26 Å². The van der Waals surface area contributed by atoms with Gasteiger partial charge in [-0.05, 0) is 29.7 Å². The molecule has 0 amide bonds. The van der Waals surface area contributed by atoms with Crippen LogP contribution < -0.4 is 9.47 Å². The Morgan fingerprint density at radius 2 is 1.52 bits per heavy atom. The predicted octanol–water partition coefficient (Wildman–Crippen LogP) is 8.87. The van der Waals surface area contributed by atoms with Gasteiger partial charge in [-0.3, -0.25) is 0 Å². The highest BCUT2D eigenvalue weighted by atomic mass is 19.3. The molecule has 0 unspecified atom stereocenters. The van der Waals surface area contributed by atoms with Crippen molar-refractivity contribution in [1.82, 2.24) is 0 Å². The highest BCUT2D eigenvalue weighted by Gasteiger charge is 2.38. The topological polar surface area (TPSA) is 36.9 Å². The SMILES string of the molecule is CCCCC1COC(c2ccc(-c3ccc(C(F)(F)Oc4cc(F)c(OC=C(F)F)c(F)c4)c(F)c3)cc2)OC1. The average Bonchev–Trinajstić information content (AvgIpc) is 2.91. The van der Waals surface area contributed by atoms with Crippen molar-refractivity contribution >= 4 is 0 Å². The minimum Gasteiger partial charge on any atom is -0.453 e. The molecular weight excluding hydrogens is 545 g/mol. The summed E-state index contributed by atoms with van der Waals surface area (Å²) in [6.45, 7) is 3.30. The number of ether oxygens (including phenoxy) is 4. The van der Waals surface area contributed by atoms with Gasteiger partial charge in [0.15, 0.2) is 29.9 Å². The second kappa shape index (κ2) is 12.7. The van der Waals surface area contributed by atoms with Crippen LogP contribution >= 0.6 is 0 Å². The zero-order valence-electron chi connectivity index (χ0n) is 21.2. The van der Waals surface area contributed by atoms with Gasteiger partial charge in [-0.15, -0.1) is 0 Å². The van der Waals surface area contributed by atoms with Gasteiger partial charge in [0.05, 0.1) is 18.8 Å². The lowest BCUT2D eigenvalue weighted by molar-refractivity contribution is -0.206. The third kappa shape index (κ3) is 7.14. The smallest absolute Gasteiger partial charge is 0.429 e. The van der Waals surface area contributed by atoms with Gasteiger partial charge in [-0.1, -0.05) is 50.1 Å². The molecule has 1 heterocycles. The van der Waals surface area contributed by atoms with Gasteiger partial charge in [-0.2, -0.15) is 17.6 Å². The maximum Gasteiger partial charge on any atom is 0.429 e. The van der Waals surface area contributed by atoms with Crippen LogP contribution in [0.4, 0.5) is 30.7 Å². The second-order valence-corrected chi connectivity index (χ2v) is 9.18. The fourth-order valence-corrected chi connectivity index (χ4v) is 4.17. The lowest BCUT2D eigenvalue weighted by Crippen LogP contribution is -2.27. The van der Waals surface area contributed by atoms with Crippen molar-refractivity contribution in [1.29, 1.82) is 0 Å². The first-order valence-electron chi connectivity index (χ1n) is 12.4. The summed E-state index contributed by atoms with van der Waals surface area (Å²) in [6, 6.07) is 10.3. The maximum atomic E-state index is 14.8. The number of halogens is 7. The van der Waals surface area contributed by atoms with Crippen molar-refractivity contribution in [3.63, 3.8) is 0 Å². The van der Waals surface area contributed by atoms with Crippen molar-refractivity contribution in [3.05, 3.63) is 95.5 Å². The van der Waals surface area contributed by atoms with Crippen molar-refractivity contribution < 1.29 is 49.7 Å². The Morgan fingerprint density at radius 3 is 2.10 bits per heavy atom. The van der Waals surface area contributed by atoms with E-state index < -0.39 is 53.0 Å². The number of hydrogen-bond acceptors (Lipinski definition) is 4. The molecule has 11 heteroatoms. The lowest BCUT2D eigenvalue weighted by Gasteiger charge is -2.29. The van der Waals surface area contributed by atoms with Crippen molar-refractivity contribution in [2.75, 3.05) is 13.2 Å². The second-order valence-electron chi connectivity index (χ2n) is 9.18. The molecule has 40 heavy (non-hydrogen) atoms. The van der Waals surface area contributed by atoms with Crippen LogP contribution in [-0.2, 0) is 15.6 Å². The molecule has 1 aliphatic rings. The number of unbranched alkanes of at least 4 members (excludes halogenated alkanes) is 1. The molecule has 4 rings (SSSR count).